The van der Waals surface area contributed by atoms with Gasteiger partial charge >= 0.3 is 0 Å². The van der Waals surface area contributed by atoms with Crippen molar-refractivity contribution in [3.05, 3.63) is 22.4 Å². The van der Waals surface area contributed by atoms with Crippen LogP contribution in [0.15, 0.2) is 17.5 Å². The third-order valence-corrected chi connectivity index (χ3v) is 1.73. The second-order valence-electron chi connectivity index (χ2n) is 1.71. The molecular weight excluding hydrogens is 144 g/mol. The van der Waals surface area contributed by atoms with Crippen molar-refractivity contribution in [3.63, 3.8) is 0 Å². The van der Waals surface area contributed by atoms with E-state index in [0.29, 0.717) is 6.61 Å². The smallest absolute Gasteiger partial charge is 0.107 e. The Morgan fingerprint density at radius 2 is 2.60 bits per heavy atom. The molecular formula is C8H8OS. The van der Waals surface area contributed by atoms with Gasteiger partial charge in [-0.25, -0.2) is 0 Å². The Hall–Kier alpha value is -0.780. The molecule has 52 valence electrons. The molecule has 0 aromatic carbocycles. The fraction of sp³-hybridized carbons (Fsp3) is 0.250. The molecule has 1 rings (SSSR count). The van der Waals surface area contributed by atoms with E-state index in [4.69, 9.17) is 4.74 Å². The Bertz CT molecular complexity index is 228. The summed E-state index contributed by atoms with van der Waals surface area (Å²) in [7, 11) is 1.64. The molecule has 0 aliphatic rings. The molecule has 1 aromatic rings. The second-order valence-corrected chi connectivity index (χ2v) is 2.66. The van der Waals surface area contributed by atoms with Crippen LogP contribution < -0.4 is 0 Å². The van der Waals surface area contributed by atoms with Crippen molar-refractivity contribution in [2.75, 3.05) is 13.7 Å². The standard InChI is InChI=1S/C8H8OS/c1-9-6-2-4-8-5-3-7-10-8/h3,5,7H,6H2,1H3. The molecule has 1 nitrogen and oxygen atoms in total. The van der Waals surface area contributed by atoms with Crippen molar-refractivity contribution < 1.29 is 4.74 Å². The van der Waals surface area contributed by atoms with E-state index in [0.717, 1.165) is 4.88 Å². The number of ether oxygens (including phenoxy) is 1. The SMILES string of the molecule is COCC#Cc1cccs1. The zero-order valence-electron chi connectivity index (χ0n) is 5.76. The average molecular weight is 152 g/mol. The monoisotopic (exact) mass is 152 g/mol. The van der Waals surface area contributed by atoms with Crippen LogP contribution in [0.1, 0.15) is 4.88 Å². The topological polar surface area (TPSA) is 9.23 Å². The van der Waals surface area contributed by atoms with E-state index < -0.39 is 0 Å². The normalized spacial score (nSPS) is 8.50. The van der Waals surface area contributed by atoms with Gasteiger partial charge in [-0.15, -0.1) is 11.3 Å². The van der Waals surface area contributed by atoms with Crippen LogP contribution in [0.3, 0.4) is 0 Å². The van der Waals surface area contributed by atoms with Gasteiger partial charge in [0, 0.05) is 7.11 Å². The molecule has 0 unspecified atom stereocenters. The van der Waals surface area contributed by atoms with Crippen molar-refractivity contribution in [1.29, 1.82) is 0 Å². The maximum absolute atomic E-state index is 4.77. The van der Waals surface area contributed by atoms with Crippen molar-refractivity contribution in [2.24, 2.45) is 0 Å². The maximum Gasteiger partial charge on any atom is 0.107 e. The van der Waals surface area contributed by atoms with E-state index in [1.165, 1.54) is 0 Å². The molecule has 0 saturated heterocycles. The predicted molar refractivity (Wildman–Crippen MR) is 43.1 cm³/mol. The van der Waals surface area contributed by atoms with Crippen LogP contribution in [0.25, 0.3) is 0 Å². The average Bonchev–Trinajstić information content (AvgIpc) is 2.41. The van der Waals surface area contributed by atoms with Crippen LogP contribution in [-0.2, 0) is 4.74 Å². The molecule has 0 saturated carbocycles. The highest BCUT2D eigenvalue weighted by molar-refractivity contribution is 7.10. The zero-order valence-corrected chi connectivity index (χ0v) is 6.57. The van der Waals surface area contributed by atoms with Gasteiger partial charge in [-0.05, 0) is 11.4 Å². The van der Waals surface area contributed by atoms with E-state index in [2.05, 4.69) is 11.8 Å². The molecule has 2 heteroatoms. The Labute approximate surface area is 64.6 Å². The minimum atomic E-state index is 0.512. The first-order valence-electron chi connectivity index (χ1n) is 2.95. The van der Waals surface area contributed by atoms with Gasteiger partial charge < -0.3 is 4.74 Å². The van der Waals surface area contributed by atoms with Crippen LogP contribution >= 0.6 is 11.3 Å². The molecule has 0 bridgehead atoms. The summed E-state index contributed by atoms with van der Waals surface area (Å²) in [5.74, 6) is 5.84. The van der Waals surface area contributed by atoms with Crippen LogP contribution in [0.2, 0.25) is 0 Å². The third-order valence-electron chi connectivity index (χ3n) is 0.949. The Morgan fingerprint density at radius 3 is 3.20 bits per heavy atom. The summed E-state index contributed by atoms with van der Waals surface area (Å²) in [4.78, 5) is 1.09. The lowest BCUT2D eigenvalue weighted by Crippen LogP contribution is -1.80. The molecule has 0 atom stereocenters. The van der Waals surface area contributed by atoms with Crippen molar-refractivity contribution in [3.8, 4) is 11.8 Å². The van der Waals surface area contributed by atoms with E-state index >= 15 is 0 Å². The Balaban J connectivity index is 2.49. The molecule has 0 radical (unpaired) electrons. The molecule has 0 amide bonds. The summed E-state index contributed by atoms with van der Waals surface area (Å²) in [6.45, 7) is 0.512. The molecule has 1 heterocycles. The third kappa shape index (κ3) is 2.22. The summed E-state index contributed by atoms with van der Waals surface area (Å²) >= 11 is 1.64. The van der Waals surface area contributed by atoms with Gasteiger partial charge in [0.05, 0.1) is 4.88 Å². The summed E-state index contributed by atoms with van der Waals surface area (Å²) in [5.41, 5.74) is 0. The first-order valence-corrected chi connectivity index (χ1v) is 3.83. The minimum Gasteiger partial charge on any atom is -0.372 e. The number of hydrogen-bond acceptors (Lipinski definition) is 2. The molecule has 0 aliphatic heterocycles. The van der Waals surface area contributed by atoms with Crippen LogP contribution in [-0.4, -0.2) is 13.7 Å². The molecule has 1 aromatic heterocycles. The zero-order chi connectivity index (χ0) is 7.23. The van der Waals surface area contributed by atoms with E-state index in [9.17, 15) is 0 Å². The summed E-state index contributed by atoms with van der Waals surface area (Å²) in [6.07, 6.45) is 0. The van der Waals surface area contributed by atoms with Gasteiger partial charge in [-0.2, -0.15) is 0 Å². The highest BCUT2D eigenvalue weighted by atomic mass is 32.1. The molecule has 0 aliphatic carbocycles. The number of rotatable bonds is 1. The quantitative estimate of drug-likeness (QED) is 0.557. The highest BCUT2D eigenvalue weighted by Crippen LogP contribution is 2.04. The lowest BCUT2D eigenvalue weighted by Gasteiger charge is -1.80. The first-order chi connectivity index (χ1) is 4.93. The largest absolute Gasteiger partial charge is 0.372 e. The van der Waals surface area contributed by atoms with Gasteiger partial charge in [0.25, 0.3) is 0 Å². The first kappa shape index (κ1) is 7.33. The Kier molecular flexibility index (Phi) is 3.01. The van der Waals surface area contributed by atoms with E-state index in [1.54, 1.807) is 18.4 Å². The van der Waals surface area contributed by atoms with Gasteiger partial charge in [-0.3, -0.25) is 0 Å². The van der Waals surface area contributed by atoms with Crippen LogP contribution in [0.4, 0.5) is 0 Å². The van der Waals surface area contributed by atoms with E-state index in [-0.39, 0.29) is 0 Å². The molecule has 10 heavy (non-hydrogen) atoms. The van der Waals surface area contributed by atoms with Gasteiger partial charge in [0.15, 0.2) is 0 Å². The Morgan fingerprint density at radius 1 is 1.70 bits per heavy atom. The van der Waals surface area contributed by atoms with Crippen molar-refractivity contribution in [2.45, 2.75) is 0 Å². The fourth-order valence-corrected chi connectivity index (χ4v) is 1.14. The van der Waals surface area contributed by atoms with Gasteiger partial charge in [-0.1, -0.05) is 17.9 Å². The summed E-state index contributed by atoms with van der Waals surface area (Å²) in [6, 6.07) is 3.98. The van der Waals surface area contributed by atoms with Crippen molar-refractivity contribution >= 4 is 11.3 Å². The lowest BCUT2D eigenvalue weighted by atomic mass is 10.4. The lowest BCUT2D eigenvalue weighted by molar-refractivity contribution is 0.240. The molecule has 0 N–H and O–H groups in total. The summed E-state index contributed by atoms with van der Waals surface area (Å²) < 4.78 is 4.77. The highest BCUT2D eigenvalue weighted by Gasteiger charge is 1.82. The van der Waals surface area contributed by atoms with Crippen LogP contribution in [0, 0.1) is 11.8 Å². The number of hydrogen-bond donors (Lipinski definition) is 0. The minimum absolute atomic E-state index is 0.512. The van der Waals surface area contributed by atoms with Crippen LogP contribution in [0.5, 0.6) is 0 Å². The van der Waals surface area contributed by atoms with E-state index in [1.807, 2.05) is 17.5 Å². The van der Waals surface area contributed by atoms with Gasteiger partial charge in [0.1, 0.15) is 6.61 Å². The number of methoxy groups -OCH3 is 1. The summed E-state index contributed by atoms with van der Waals surface area (Å²) in [5, 5.41) is 2.01. The maximum atomic E-state index is 4.77. The predicted octanol–water partition coefficient (Wildman–Crippen LogP) is 1.75. The molecule has 0 fully saturated rings. The molecule has 0 spiro atoms. The van der Waals surface area contributed by atoms with Crippen molar-refractivity contribution in [1.82, 2.24) is 0 Å². The second kappa shape index (κ2) is 4.10. The van der Waals surface area contributed by atoms with Gasteiger partial charge in [0.2, 0.25) is 0 Å². The fourth-order valence-electron chi connectivity index (χ4n) is 0.545. The number of thiophene rings is 1.